The Hall–Kier alpha value is -3.00. The molecule has 2 aromatic carbocycles. The number of fused-ring (bicyclic) bond motifs is 1. The molecule has 0 amide bonds. The minimum absolute atomic E-state index is 0.334. The van der Waals surface area contributed by atoms with Crippen molar-refractivity contribution in [3.8, 4) is 11.4 Å². The number of benzene rings is 2. The van der Waals surface area contributed by atoms with Gasteiger partial charge in [0, 0.05) is 23.3 Å². The molecule has 22 heavy (non-hydrogen) atoms. The summed E-state index contributed by atoms with van der Waals surface area (Å²) in [6, 6.07) is 9.15. The molecule has 0 aliphatic carbocycles. The van der Waals surface area contributed by atoms with Crippen LogP contribution >= 0.6 is 0 Å². The molecule has 3 rings (SSSR count). The van der Waals surface area contributed by atoms with Crippen LogP contribution in [0.25, 0.3) is 22.4 Å². The van der Waals surface area contributed by atoms with Crippen molar-refractivity contribution in [2.45, 2.75) is 0 Å². The zero-order chi connectivity index (χ0) is 15.7. The lowest BCUT2D eigenvalue weighted by Crippen LogP contribution is -2.31. The molecule has 3 aromatic rings. The smallest absolute Gasteiger partial charge is 0.166 e. The number of hydrazine groups is 1. The second kappa shape index (κ2) is 5.41. The van der Waals surface area contributed by atoms with Gasteiger partial charge in [0.1, 0.15) is 5.82 Å². The van der Waals surface area contributed by atoms with Gasteiger partial charge in [0.25, 0.3) is 0 Å². The normalized spacial score (nSPS) is 11.9. The molecule has 6 nitrogen and oxygen atoms in total. The number of nitrogens with one attached hydrogen (secondary N) is 2. The van der Waals surface area contributed by atoms with E-state index in [0.29, 0.717) is 28.3 Å². The van der Waals surface area contributed by atoms with Crippen LogP contribution in [0.15, 0.2) is 41.5 Å². The molecule has 0 unspecified atom stereocenters. The lowest BCUT2D eigenvalue weighted by Gasteiger charge is -2.04. The van der Waals surface area contributed by atoms with Crippen LogP contribution in [0.1, 0.15) is 5.56 Å². The molecule has 0 spiro atoms. The summed E-state index contributed by atoms with van der Waals surface area (Å²) >= 11 is 0. The van der Waals surface area contributed by atoms with Crippen LogP contribution in [0.3, 0.4) is 0 Å². The van der Waals surface area contributed by atoms with Gasteiger partial charge in [-0.05, 0) is 0 Å². The molecule has 0 aliphatic heterocycles. The quantitative estimate of drug-likeness (QED) is 0.250. The molecular formula is C14H12F2N6. The first kappa shape index (κ1) is 14.0. The molecule has 0 radical (unpaired) electrons. The van der Waals surface area contributed by atoms with Crippen LogP contribution in [0.2, 0.25) is 0 Å². The Morgan fingerprint density at radius 1 is 1.14 bits per heavy atom. The van der Waals surface area contributed by atoms with E-state index in [1.165, 1.54) is 0 Å². The summed E-state index contributed by atoms with van der Waals surface area (Å²) in [7, 11) is 0. The number of rotatable bonds is 2. The zero-order valence-corrected chi connectivity index (χ0v) is 11.3. The fraction of sp³-hybridized carbons (Fsp3) is 0. The fourth-order valence-electron chi connectivity index (χ4n) is 2.12. The summed E-state index contributed by atoms with van der Waals surface area (Å²) in [6.45, 7) is 0. The number of hydrogen-bond acceptors (Lipinski definition) is 4. The molecule has 0 bridgehead atoms. The Morgan fingerprint density at radius 3 is 2.45 bits per heavy atom. The van der Waals surface area contributed by atoms with Crippen molar-refractivity contribution in [1.29, 1.82) is 0 Å². The standard InChI is InChI=1S/C14H12F2N6/c15-9-5-11-12(6-10(9)16)20-13(19-11)7-1-3-8(4-2-7)14(21-17)22-18/h1-6H,17-18H2,(H,19,20)(H,21,22). The number of nitrogens with zero attached hydrogens (tertiary/aromatic N) is 2. The maximum Gasteiger partial charge on any atom is 0.166 e. The molecule has 0 saturated heterocycles. The highest BCUT2D eigenvalue weighted by Crippen LogP contribution is 2.22. The molecule has 0 saturated carbocycles. The van der Waals surface area contributed by atoms with Gasteiger partial charge in [-0.1, -0.05) is 24.3 Å². The molecule has 0 fully saturated rings. The predicted molar refractivity (Wildman–Crippen MR) is 79.5 cm³/mol. The van der Waals surface area contributed by atoms with E-state index in [4.69, 9.17) is 11.7 Å². The van der Waals surface area contributed by atoms with E-state index in [9.17, 15) is 8.78 Å². The zero-order valence-electron chi connectivity index (χ0n) is 11.3. The first-order valence-corrected chi connectivity index (χ1v) is 6.32. The molecule has 1 heterocycles. The van der Waals surface area contributed by atoms with E-state index in [2.05, 4.69) is 20.5 Å². The van der Waals surface area contributed by atoms with Crippen molar-refractivity contribution in [3.05, 3.63) is 53.6 Å². The second-order valence-electron chi connectivity index (χ2n) is 4.57. The summed E-state index contributed by atoms with van der Waals surface area (Å²) in [5, 5.41) is 3.51. The van der Waals surface area contributed by atoms with Gasteiger partial charge in [0.05, 0.1) is 11.0 Å². The Labute approximate surface area is 123 Å². The average molecular weight is 302 g/mol. The monoisotopic (exact) mass is 302 g/mol. The van der Waals surface area contributed by atoms with Crippen LogP contribution in [0.5, 0.6) is 0 Å². The molecular weight excluding hydrogens is 290 g/mol. The Bertz CT molecular complexity index is 815. The van der Waals surface area contributed by atoms with Crippen molar-refractivity contribution in [2.75, 3.05) is 0 Å². The first-order chi connectivity index (χ1) is 10.6. The van der Waals surface area contributed by atoms with Crippen molar-refractivity contribution >= 4 is 16.9 Å². The lowest BCUT2D eigenvalue weighted by atomic mass is 10.1. The van der Waals surface area contributed by atoms with E-state index >= 15 is 0 Å². The van der Waals surface area contributed by atoms with Crippen molar-refractivity contribution < 1.29 is 8.78 Å². The third-order valence-electron chi connectivity index (χ3n) is 3.22. The van der Waals surface area contributed by atoms with Crippen LogP contribution in [-0.4, -0.2) is 15.8 Å². The molecule has 8 heteroatoms. The van der Waals surface area contributed by atoms with E-state index in [0.717, 1.165) is 17.7 Å². The minimum Gasteiger partial charge on any atom is -0.338 e. The SMILES string of the molecule is N/N=C(\NN)c1ccc(-c2nc3cc(F)c(F)cc3[nH]2)cc1. The Morgan fingerprint density at radius 2 is 1.82 bits per heavy atom. The summed E-state index contributed by atoms with van der Waals surface area (Å²) < 4.78 is 26.4. The van der Waals surface area contributed by atoms with E-state index in [1.54, 1.807) is 24.3 Å². The number of nitrogens with two attached hydrogens (primary N) is 2. The van der Waals surface area contributed by atoms with Crippen LogP contribution in [-0.2, 0) is 0 Å². The lowest BCUT2D eigenvalue weighted by molar-refractivity contribution is 0.510. The van der Waals surface area contributed by atoms with E-state index in [1.807, 2.05) is 0 Å². The predicted octanol–water partition coefficient (Wildman–Crippen LogP) is 1.59. The summed E-state index contributed by atoms with van der Waals surface area (Å²) in [5.41, 5.74) is 4.59. The van der Waals surface area contributed by atoms with E-state index < -0.39 is 11.6 Å². The third-order valence-corrected chi connectivity index (χ3v) is 3.22. The number of hydrogen-bond donors (Lipinski definition) is 4. The second-order valence-corrected chi connectivity index (χ2v) is 4.57. The highest BCUT2D eigenvalue weighted by Gasteiger charge is 2.10. The topological polar surface area (TPSA) is 105 Å². The van der Waals surface area contributed by atoms with Gasteiger partial charge in [-0.25, -0.2) is 19.6 Å². The van der Waals surface area contributed by atoms with Gasteiger partial charge in [0.2, 0.25) is 0 Å². The number of halogens is 2. The molecule has 112 valence electrons. The van der Waals surface area contributed by atoms with Crippen molar-refractivity contribution in [3.63, 3.8) is 0 Å². The van der Waals surface area contributed by atoms with Crippen LogP contribution < -0.4 is 17.1 Å². The molecule has 0 aliphatic rings. The van der Waals surface area contributed by atoms with Crippen LogP contribution in [0.4, 0.5) is 8.78 Å². The van der Waals surface area contributed by atoms with Crippen LogP contribution in [0, 0.1) is 11.6 Å². The maximum atomic E-state index is 13.2. The fourth-order valence-corrected chi connectivity index (χ4v) is 2.12. The van der Waals surface area contributed by atoms with Crippen molar-refractivity contribution in [2.24, 2.45) is 16.8 Å². The largest absolute Gasteiger partial charge is 0.338 e. The van der Waals surface area contributed by atoms with Gasteiger partial charge >= 0.3 is 0 Å². The molecule has 6 N–H and O–H groups in total. The first-order valence-electron chi connectivity index (χ1n) is 6.32. The minimum atomic E-state index is -0.932. The highest BCUT2D eigenvalue weighted by molar-refractivity contribution is 5.98. The Kier molecular flexibility index (Phi) is 3.43. The van der Waals surface area contributed by atoms with Gasteiger partial charge < -0.3 is 16.3 Å². The van der Waals surface area contributed by atoms with Crippen molar-refractivity contribution in [1.82, 2.24) is 15.4 Å². The van der Waals surface area contributed by atoms with Gasteiger partial charge in [0.15, 0.2) is 17.5 Å². The van der Waals surface area contributed by atoms with Gasteiger partial charge in [-0.15, -0.1) is 0 Å². The average Bonchev–Trinajstić information content (AvgIpc) is 2.92. The molecule has 0 atom stereocenters. The van der Waals surface area contributed by atoms with Gasteiger partial charge in [-0.2, -0.15) is 5.10 Å². The third kappa shape index (κ3) is 2.35. The Balaban J connectivity index is 2.00. The summed E-state index contributed by atoms with van der Waals surface area (Å²) in [4.78, 5) is 7.19. The number of hydrazone groups is 1. The summed E-state index contributed by atoms with van der Waals surface area (Å²) in [5.74, 6) is 9.47. The number of H-pyrrole nitrogens is 1. The van der Waals surface area contributed by atoms with E-state index in [-0.39, 0.29) is 0 Å². The number of aromatic nitrogens is 2. The molecule has 1 aromatic heterocycles. The van der Waals surface area contributed by atoms with Gasteiger partial charge in [-0.3, -0.25) is 0 Å². The number of amidine groups is 1. The number of aromatic amines is 1. The summed E-state index contributed by atoms with van der Waals surface area (Å²) in [6.07, 6.45) is 0. The number of imidazole rings is 1. The highest BCUT2D eigenvalue weighted by atomic mass is 19.2. The maximum absolute atomic E-state index is 13.2.